The Morgan fingerprint density at radius 1 is 1.12 bits per heavy atom. The molecule has 0 radical (unpaired) electrons. The molecule has 0 aliphatic carbocycles. The fourth-order valence-corrected chi connectivity index (χ4v) is 3.09. The zero-order valence-electron chi connectivity index (χ0n) is 13.0. The normalized spacial score (nSPS) is 11.5. The molecule has 1 aromatic heterocycles. The minimum absolute atomic E-state index is 0.0351. The molecule has 0 saturated heterocycles. The summed E-state index contributed by atoms with van der Waals surface area (Å²) in [5.74, 6) is -0.520. The zero-order chi connectivity index (χ0) is 18.2. The average molecular weight is 379 g/mol. The molecule has 0 aliphatic heterocycles. The van der Waals surface area contributed by atoms with Gasteiger partial charge in [0.1, 0.15) is 17.2 Å². The van der Waals surface area contributed by atoms with E-state index >= 15 is 0 Å². The summed E-state index contributed by atoms with van der Waals surface area (Å²) in [4.78, 5) is 11.6. The molecule has 1 heterocycles. The van der Waals surface area contributed by atoms with Gasteiger partial charge in [0.2, 0.25) is 0 Å². The number of benzene rings is 2. The average Bonchev–Trinajstić information content (AvgIpc) is 3.00. The Labute approximate surface area is 148 Å². The van der Waals surface area contributed by atoms with E-state index in [1.54, 1.807) is 18.2 Å². The molecule has 3 rings (SSSR count). The van der Waals surface area contributed by atoms with Gasteiger partial charge in [-0.05, 0) is 41.9 Å². The van der Waals surface area contributed by atoms with Gasteiger partial charge in [0.25, 0.3) is 5.24 Å². The maximum atomic E-state index is 14.1. The number of nitrogens with zero attached hydrogens (tertiary/aromatic N) is 2. The molecule has 0 atom stereocenters. The maximum Gasteiger partial charge on any atom is 0.272 e. The summed E-state index contributed by atoms with van der Waals surface area (Å²) in [5, 5.41) is 3.29. The van der Waals surface area contributed by atoms with Gasteiger partial charge >= 0.3 is 0 Å². The fourth-order valence-electron chi connectivity index (χ4n) is 2.36. The minimum Gasteiger partial charge on any atom is -0.274 e. The molecule has 0 N–H and O–H groups in total. The molecule has 0 saturated carbocycles. The van der Waals surface area contributed by atoms with Gasteiger partial charge in [0, 0.05) is 11.8 Å². The van der Waals surface area contributed by atoms with E-state index in [9.17, 15) is 17.6 Å². The minimum atomic E-state index is -3.34. The number of hydrogen-bond donors (Lipinski definition) is 0. The first-order chi connectivity index (χ1) is 11.8. The van der Waals surface area contributed by atoms with Crippen molar-refractivity contribution < 1.29 is 17.6 Å². The third-order valence-corrected chi connectivity index (χ3v) is 4.89. The highest BCUT2D eigenvalue weighted by Gasteiger charge is 2.18. The zero-order valence-corrected chi connectivity index (χ0v) is 14.6. The van der Waals surface area contributed by atoms with Crippen LogP contribution in [-0.2, 0) is 9.84 Å². The summed E-state index contributed by atoms with van der Waals surface area (Å²) in [6, 6.07) is 13.4. The molecule has 8 heteroatoms. The summed E-state index contributed by atoms with van der Waals surface area (Å²) in [6.07, 6.45) is 1.11. The maximum absolute atomic E-state index is 14.1. The molecule has 0 fully saturated rings. The number of carbonyl (C=O) groups is 1. The molecule has 0 unspecified atom stereocenters. The Bertz CT molecular complexity index is 1060. The van der Waals surface area contributed by atoms with Crippen molar-refractivity contribution in [2.45, 2.75) is 4.90 Å². The first-order valence-corrected chi connectivity index (χ1v) is 9.39. The standard InChI is InChI=1S/C17H12ClFN2O3S/c1-25(23,24)12-8-6-11(7-9-12)16-10-14(17(18)22)20-21(16)15-5-3-2-4-13(15)19/h2-10H,1H3. The van der Waals surface area contributed by atoms with Crippen molar-refractivity contribution in [3.63, 3.8) is 0 Å². The molecular weight excluding hydrogens is 367 g/mol. The Balaban J connectivity index is 2.19. The van der Waals surface area contributed by atoms with Crippen LogP contribution in [0.4, 0.5) is 4.39 Å². The Kier molecular flexibility index (Phi) is 4.45. The van der Waals surface area contributed by atoms with Crippen molar-refractivity contribution in [2.75, 3.05) is 6.26 Å². The van der Waals surface area contributed by atoms with Gasteiger partial charge in [0.05, 0.1) is 10.6 Å². The van der Waals surface area contributed by atoms with Crippen molar-refractivity contribution in [3.05, 3.63) is 66.1 Å². The predicted octanol–water partition coefficient (Wildman–Crippen LogP) is 3.46. The van der Waals surface area contributed by atoms with Crippen LogP contribution in [0.2, 0.25) is 0 Å². The summed E-state index contributed by atoms with van der Waals surface area (Å²) >= 11 is 5.50. The van der Waals surface area contributed by atoms with Gasteiger partial charge in [-0.25, -0.2) is 17.5 Å². The molecule has 128 valence electrons. The monoisotopic (exact) mass is 378 g/mol. The number of halogens is 2. The summed E-state index contributed by atoms with van der Waals surface area (Å²) in [6.45, 7) is 0. The first-order valence-electron chi connectivity index (χ1n) is 7.12. The van der Waals surface area contributed by atoms with Crippen molar-refractivity contribution in [2.24, 2.45) is 0 Å². The van der Waals surface area contributed by atoms with E-state index in [0.29, 0.717) is 11.3 Å². The van der Waals surface area contributed by atoms with Gasteiger partial charge in [0.15, 0.2) is 9.84 Å². The lowest BCUT2D eigenvalue weighted by Gasteiger charge is -2.09. The van der Waals surface area contributed by atoms with Crippen LogP contribution in [0, 0.1) is 5.82 Å². The molecule has 25 heavy (non-hydrogen) atoms. The second-order valence-corrected chi connectivity index (χ2v) is 7.71. The van der Waals surface area contributed by atoms with Crippen LogP contribution in [0.1, 0.15) is 10.5 Å². The lowest BCUT2D eigenvalue weighted by Crippen LogP contribution is -2.03. The van der Waals surface area contributed by atoms with Gasteiger partial charge in [-0.3, -0.25) is 4.79 Å². The second kappa shape index (κ2) is 6.42. The third-order valence-electron chi connectivity index (χ3n) is 3.57. The predicted molar refractivity (Wildman–Crippen MR) is 92.3 cm³/mol. The molecule has 3 aromatic rings. The number of hydrogen-bond acceptors (Lipinski definition) is 4. The van der Waals surface area contributed by atoms with Crippen molar-refractivity contribution in [1.29, 1.82) is 0 Å². The van der Waals surface area contributed by atoms with E-state index in [-0.39, 0.29) is 16.3 Å². The SMILES string of the molecule is CS(=O)(=O)c1ccc(-c2cc(C(=O)Cl)nn2-c2ccccc2F)cc1. The van der Waals surface area contributed by atoms with Crippen LogP contribution in [0.3, 0.4) is 0 Å². The molecule has 0 spiro atoms. The Hall–Kier alpha value is -2.51. The molecule has 5 nitrogen and oxygen atoms in total. The van der Waals surface area contributed by atoms with Crippen molar-refractivity contribution >= 4 is 26.7 Å². The van der Waals surface area contributed by atoms with E-state index in [0.717, 1.165) is 6.26 Å². The van der Waals surface area contributed by atoms with Crippen LogP contribution < -0.4 is 0 Å². The third kappa shape index (κ3) is 3.47. The number of carbonyl (C=O) groups excluding carboxylic acids is 1. The van der Waals surface area contributed by atoms with Crippen LogP contribution >= 0.6 is 11.6 Å². The Morgan fingerprint density at radius 3 is 2.32 bits per heavy atom. The van der Waals surface area contributed by atoms with Gasteiger partial charge < -0.3 is 0 Å². The van der Waals surface area contributed by atoms with E-state index < -0.39 is 20.9 Å². The summed E-state index contributed by atoms with van der Waals surface area (Å²) < 4.78 is 38.6. The van der Waals surface area contributed by atoms with Crippen molar-refractivity contribution in [3.8, 4) is 16.9 Å². The topological polar surface area (TPSA) is 69.0 Å². The van der Waals surface area contributed by atoms with E-state index in [2.05, 4.69) is 5.10 Å². The highest BCUT2D eigenvalue weighted by molar-refractivity contribution is 7.90. The number of para-hydroxylation sites is 1. The van der Waals surface area contributed by atoms with Crippen molar-refractivity contribution in [1.82, 2.24) is 9.78 Å². The largest absolute Gasteiger partial charge is 0.274 e. The summed E-state index contributed by atoms with van der Waals surface area (Å²) in [7, 11) is -3.34. The van der Waals surface area contributed by atoms with Gasteiger partial charge in [-0.2, -0.15) is 5.10 Å². The lowest BCUT2D eigenvalue weighted by atomic mass is 10.1. The Morgan fingerprint density at radius 2 is 1.76 bits per heavy atom. The smallest absolute Gasteiger partial charge is 0.272 e. The van der Waals surface area contributed by atoms with Crippen LogP contribution in [0.15, 0.2) is 59.5 Å². The fraction of sp³-hybridized carbons (Fsp3) is 0.0588. The second-order valence-electron chi connectivity index (χ2n) is 5.35. The molecule has 0 bridgehead atoms. The molecular formula is C17H12ClFN2O3S. The van der Waals surface area contributed by atoms with Gasteiger partial charge in [-0.1, -0.05) is 24.3 Å². The van der Waals surface area contributed by atoms with Crippen LogP contribution in [-0.4, -0.2) is 29.7 Å². The highest BCUT2D eigenvalue weighted by Crippen LogP contribution is 2.27. The quantitative estimate of drug-likeness (QED) is 0.652. The first kappa shape index (κ1) is 17.3. The molecule has 0 amide bonds. The summed E-state index contributed by atoms with van der Waals surface area (Å²) in [5.41, 5.74) is 1.09. The van der Waals surface area contributed by atoms with E-state index in [1.807, 2.05) is 0 Å². The van der Waals surface area contributed by atoms with E-state index in [1.165, 1.54) is 41.1 Å². The van der Waals surface area contributed by atoms with Crippen LogP contribution in [0.25, 0.3) is 16.9 Å². The lowest BCUT2D eigenvalue weighted by molar-refractivity contribution is 0.107. The number of aromatic nitrogens is 2. The number of rotatable bonds is 4. The van der Waals surface area contributed by atoms with Crippen LogP contribution in [0.5, 0.6) is 0 Å². The number of sulfone groups is 1. The van der Waals surface area contributed by atoms with Gasteiger partial charge in [-0.15, -0.1) is 0 Å². The molecule has 2 aromatic carbocycles. The van der Waals surface area contributed by atoms with E-state index in [4.69, 9.17) is 11.6 Å². The molecule has 0 aliphatic rings. The highest BCUT2D eigenvalue weighted by atomic mass is 35.5.